The van der Waals surface area contributed by atoms with E-state index in [0.29, 0.717) is 5.92 Å². The molecule has 0 aromatic heterocycles. The van der Waals surface area contributed by atoms with Crippen LogP contribution in [0.3, 0.4) is 0 Å². The van der Waals surface area contributed by atoms with Crippen molar-refractivity contribution in [3.63, 3.8) is 0 Å². The van der Waals surface area contributed by atoms with Crippen molar-refractivity contribution in [3.8, 4) is 5.75 Å². The van der Waals surface area contributed by atoms with E-state index in [0.717, 1.165) is 22.8 Å². The Morgan fingerprint density at radius 3 is 2.30 bits per heavy atom. The zero-order valence-corrected chi connectivity index (χ0v) is 14.6. The van der Waals surface area contributed by atoms with Gasteiger partial charge in [-0.3, -0.25) is 4.79 Å². The van der Waals surface area contributed by atoms with Crippen LogP contribution in [0, 0.1) is 5.92 Å². The third kappa shape index (κ3) is 5.32. The Bertz CT molecular complexity index is 611. The van der Waals surface area contributed by atoms with Crippen LogP contribution in [0.15, 0.2) is 54.6 Å². The Hall–Kier alpha value is -1.94. The van der Waals surface area contributed by atoms with Gasteiger partial charge in [-0.15, -0.1) is 11.8 Å². The number of anilines is 1. The Kier molecular flexibility index (Phi) is 6.53. The van der Waals surface area contributed by atoms with Gasteiger partial charge < -0.3 is 10.1 Å². The van der Waals surface area contributed by atoms with E-state index in [-0.39, 0.29) is 11.2 Å². The smallest absolute Gasteiger partial charge is 0.241 e. The predicted octanol–water partition coefficient (Wildman–Crippen LogP) is 4.76. The molecular weight excluding hydrogens is 306 g/mol. The number of amides is 1. The molecule has 4 heteroatoms. The summed E-state index contributed by atoms with van der Waals surface area (Å²) in [5, 5.41) is 2.79. The summed E-state index contributed by atoms with van der Waals surface area (Å²) in [5.74, 6) is 2.26. The van der Waals surface area contributed by atoms with E-state index in [1.807, 2.05) is 54.6 Å². The summed E-state index contributed by atoms with van der Waals surface area (Å²) < 4.78 is 5.14. The summed E-state index contributed by atoms with van der Waals surface area (Å²) in [6.45, 7) is 4.33. The lowest BCUT2D eigenvalue weighted by molar-refractivity contribution is -0.115. The average molecular weight is 329 g/mol. The number of carbonyl (C=O) groups is 1. The van der Waals surface area contributed by atoms with Gasteiger partial charge in [-0.2, -0.15) is 0 Å². The largest absolute Gasteiger partial charge is 0.497 e. The predicted molar refractivity (Wildman–Crippen MR) is 98.1 cm³/mol. The zero-order chi connectivity index (χ0) is 16.7. The number of methoxy groups -OCH3 is 1. The summed E-state index contributed by atoms with van der Waals surface area (Å²) in [6, 6.07) is 17.3. The van der Waals surface area contributed by atoms with E-state index in [9.17, 15) is 4.79 Å². The molecule has 0 fully saturated rings. The number of hydrogen-bond donors (Lipinski definition) is 1. The summed E-state index contributed by atoms with van der Waals surface area (Å²) in [4.78, 5) is 12.7. The Balaban J connectivity index is 2.11. The lowest BCUT2D eigenvalue weighted by Crippen LogP contribution is -2.19. The van der Waals surface area contributed by atoms with Crippen molar-refractivity contribution < 1.29 is 9.53 Å². The van der Waals surface area contributed by atoms with Gasteiger partial charge in [0.1, 0.15) is 11.0 Å². The molecule has 1 N–H and O–H groups in total. The summed E-state index contributed by atoms with van der Waals surface area (Å²) in [7, 11) is 1.63. The van der Waals surface area contributed by atoms with E-state index in [1.165, 1.54) is 0 Å². The van der Waals surface area contributed by atoms with E-state index >= 15 is 0 Å². The number of ether oxygens (including phenoxy) is 1. The van der Waals surface area contributed by atoms with Crippen LogP contribution in [0.25, 0.3) is 0 Å². The molecule has 0 aliphatic carbocycles. The van der Waals surface area contributed by atoms with E-state index in [1.54, 1.807) is 18.9 Å². The van der Waals surface area contributed by atoms with Crippen molar-refractivity contribution in [3.05, 3.63) is 60.2 Å². The van der Waals surface area contributed by atoms with Gasteiger partial charge in [0, 0.05) is 5.69 Å². The van der Waals surface area contributed by atoms with E-state index in [2.05, 4.69) is 19.2 Å². The van der Waals surface area contributed by atoms with E-state index in [4.69, 9.17) is 4.74 Å². The molecule has 0 aliphatic heterocycles. The molecule has 3 nitrogen and oxygen atoms in total. The highest BCUT2D eigenvalue weighted by Crippen LogP contribution is 2.31. The Labute approximate surface area is 142 Å². The topological polar surface area (TPSA) is 38.3 Å². The molecule has 0 radical (unpaired) electrons. The number of benzene rings is 2. The zero-order valence-electron chi connectivity index (χ0n) is 13.8. The highest BCUT2D eigenvalue weighted by molar-refractivity contribution is 8.00. The SMILES string of the molecule is COc1ccc(NC(=O)C(SCC(C)C)c2ccccc2)cc1. The van der Waals surface area contributed by atoms with Crippen molar-refractivity contribution in [2.24, 2.45) is 5.92 Å². The van der Waals surface area contributed by atoms with Crippen LogP contribution in [0.2, 0.25) is 0 Å². The van der Waals surface area contributed by atoms with Gasteiger partial charge in [-0.25, -0.2) is 0 Å². The number of carbonyl (C=O) groups excluding carboxylic acids is 1. The molecule has 1 amide bonds. The average Bonchev–Trinajstić information content (AvgIpc) is 2.56. The first kappa shape index (κ1) is 17.4. The number of thioether (sulfide) groups is 1. The maximum Gasteiger partial charge on any atom is 0.241 e. The van der Waals surface area contributed by atoms with Gasteiger partial charge in [0.15, 0.2) is 0 Å². The van der Waals surface area contributed by atoms with Crippen molar-refractivity contribution in [1.29, 1.82) is 0 Å². The van der Waals surface area contributed by atoms with Gasteiger partial charge in [0.2, 0.25) is 5.91 Å². The summed E-state index contributed by atoms with van der Waals surface area (Å²) in [5.41, 5.74) is 1.81. The summed E-state index contributed by atoms with van der Waals surface area (Å²) in [6.07, 6.45) is 0. The highest BCUT2D eigenvalue weighted by Gasteiger charge is 2.21. The van der Waals surface area contributed by atoms with Crippen LogP contribution in [0.5, 0.6) is 5.75 Å². The second-order valence-corrected chi connectivity index (χ2v) is 6.87. The fourth-order valence-electron chi connectivity index (χ4n) is 2.12. The number of rotatable bonds is 7. The fraction of sp³-hybridized carbons (Fsp3) is 0.316. The van der Waals surface area contributed by atoms with Crippen LogP contribution in [0.1, 0.15) is 24.7 Å². The first-order chi connectivity index (χ1) is 11.1. The van der Waals surface area contributed by atoms with Crippen molar-refractivity contribution in [2.45, 2.75) is 19.1 Å². The van der Waals surface area contributed by atoms with Gasteiger partial charge in [-0.1, -0.05) is 44.2 Å². The van der Waals surface area contributed by atoms with Crippen molar-refractivity contribution in [1.82, 2.24) is 0 Å². The van der Waals surface area contributed by atoms with Gasteiger partial charge in [-0.05, 0) is 41.5 Å². The van der Waals surface area contributed by atoms with Crippen LogP contribution >= 0.6 is 11.8 Å². The molecule has 2 rings (SSSR count). The van der Waals surface area contributed by atoms with E-state index < -0.39 is 0 Å². The maximum absolute atomic E-state index is 12.7. The quantitative estimate of drug-likeness (QED) is 0.795. The van der Waals surface area contributed by atoms with Crippen molar-refractivity contribution in [2.75, 3.05) is 18.2 Å². The number of nitrogens with one attached hydrogen (secondary N) is 1. The van der Waals surface area contributed by atoms with Gasteiger partial charge in [0.05, 0.1) is 7.11 Å². The van der Waals surface area contributed by atoms with Crippen LogP contribution in [-0.2, 0) is 4.79 Å². The second-order valence-electron chi connectivity index (χ2n) is 5.74. The first-order valence-corrected chi connectivity index (χ1v) is 8.76. The molecule has 23 heavy (non-hydrogen) atoms. The Morgan fingerprint density at radius 1 is 1.09 bits per heavy atom. The highest BCUT2D eigenvalue weighted by atomic mass is 32.2. The van der Waals surface area contributed by atoms with Crippen molar-refractivity contribution >= 4 is 23.4 Å². The molecular formula is C19H23NO2S. The standard InChI is InChI=1S/C19H23NO2S/c1-14(2)13-23-18(15-7-5-4-6-8-15)19(21)20-16-9-11-17(22-3)12-10-16/h4-12,14,18H,13H2,1-3H3,(H,20,21). The van der Waals surface area contributed by atoms with Crippen LogP contribution in [-0.4, -0.2) is 18.8 Å². The molecule has 122 valence electrons. The normalized spacial score (nSPS) is 12.0. The third-order valence-electron chi connectivity index (χ3n) is 3.29. The molecule has 0 saturated heterocycles. The maximum atomic E-state index is 12.7. The molecule has 0 bridgehead atoms. The Morgan fingerprint density at radius 2 is 1.74 bits per heavy atom. The molecule has 1 atom stereocenters. The molecule has 0 heterocycles. The van der Waals surface area contributed by atoms with Crippen LogP contribution < -0.4 is 10.1 Å². The minimum atomic E-state index is -0.208. The molecule has 0 saturated carbocycles. The summed E-state index contributed by atoms with van der Waals surface area (Å²) >= 11 is 1.68. The lowest BCUT2D eigenvalue weighted by atomic mass is 10.1. The lowest BCUT2D eigenvalue weighted by Gasteiger charge is -2.18. The van der Waals surface area contributed by atoms with Crippen LogP contribution in [0.4, 0.5) is 5.69 Å². The minimum absolute atomic E-state index is 0.00650. The second kappa shape index (κ2) is 8.63. The molecule has 1 unspecified atom stereocenters. The first-order valence-electron chi connectivity index (χ1n) is 7.71. The third-order valence-corrected chi connectivity index (χ3v) is 4.97. The fourth-order valence-corrected chi connectivity index (χ4v) is 3.26. The number of hydrogen-bond acceptors (Lipinski definition) is 3. The minimum Gasteiger partial charge on any atom is -0.497 e. The molecule has 0 spiro atoms. The monoisotopic (exact) mass is 329 g/mol. The molecule has 2 aromatic carbocycles. The molecule has 2 aromatic rings. The van der Waals surface area contributed by atoms with Gasteiger partial charge in [0.25, 0.3) is 0 Å². The molecule has 0 aliphatic rings. The van der Waals surface area contributed by atoms with Gasteiger partial charge >= 0.3 is 0 Å².